The molecule has 1 atom stereocenters. The molecular weight excluding hydrogens is 228 g/mol. The molecule has 1 aliphatic rings. The normalized spacial score (nSPS) is 18.7. The fourth-order valence-corrected chi connectivity index (χ4v) is 2.27. The summed E-state index contributed by atoms with van der Waals surface area (Å²) in [6, 6.07) is 9.70. The number of hydrogen-bond donors (Lipinski definition) is 1. The molecule has 1 aromatic rings. The van der Waals surface area contributed by atoms with E-state index in [2.05, 4.69) is 4.90 Å². The standard InChI is InChI=1S/C14H20N2O2/c1-12(17)16-9-7-15(8-10-16)11-14(18)13-5-3-2-4-6-13/h2-6,14,18H,7-11H2,1H3/t14-/m1/s1. The van der Waals surface area contributed by atoms with Gasteiger partial charge in [-0.25, -0.2) is 0 Å². The van der Waals surface area contributed by atoms with E-state index in [-0.39, 0.29) is 5.91 Å². The van der Waals surface area contributed by atoms with E-state index in [0.29, 0.717) is 6.54 Å². The molecule has 0 radical (unpaired) electrons. The SMILES string of the molecule is CC(=O)N1CCN(C[C@@H](O)c2ccccc2)CC1. The molecular formula is C14H20N2O2. The molecule has 1 N–H and O–H groups in total. The van der Waals surface area contributed by atoms with Gasteiger partial charge in [0.2, 0.25) is 5.91 Å². The molecule has 2 rings (SSSR count). The summed E-state index contributed by atoms with van der Waals surface area (Å²) in [6.07, 6.45) is -0.449. The quantitative estimate of drug-likeness (QED) is 0.863. The lowest BCUT2D eigenvalue weighted by atomic mass is 10.1. The number of carbonyl (C=O) groups is 1. The Labute approximate surface area is 108 Å². The van der Waals surface area contributed by atoms with Crippen molar-refractivity contribution < 1.29 is 9.90 Å². The van der Waals surface area contributed by atoms with Gasteiger partial charge in [0, 0.05) is 39.6 Å². The molecule has 1 fully saturated rings. The highest BCUT2D eigenvalue weighted by Gasteiger charge is 2.20. The summed E-state index contributed by atoms with van der Waals surface area (Å²) in [4.78, 5) is 15.3. The summed E-state index contributed by atoms with van der Waals surface area (Å²) >= 11 is 0. The second kappa shape index (κ2) is 5.98. The van der Waals surface area contributed by atoms with Crippen LogP contribution < -0.4 is 0 Å². The van der Waals surface area contributed by atoms with Crippen LogP contribution in [0, 0.1) is 0 Å². The number of piperazine rings is 1. The monoisotopic (exact) mass is 248 g/mol. The third-order valence-electron chi connectivity index (χ3n) is 3.43. The van der Waals surface area contributed by atoms with Crippen LogP contribution in [0.15, 0.2) is 30.3 Å². The molecule has 0 bridgehead atoms. The number of amides is 1. The van der Waals surface area contributed by atoms with E-state index in [4.69, 9.17) is 0 Å². The van der Waals surface area contributed by atoms with Gasteiger partial charge in [-0.05, 0) is 5.56 Å². The van der Waals surface area contributed by atoms with Gasteiger partial charge < -0.3 is 10.0 Å². The van der Waals surface area contributed by atoms with Crippen molar-refractivity contribution in [2.24, 2.45) is 0 Å². The van der Waals surface area contributed by atoms with E-state index in [1.165, 1.54) is 0 Å². The van der Waals surface area contributed by atoms with Crippen molar-refractivity contribution >= 4 is 5.91 Å². The van der Waals surface area contributed by atoms with Gasteiger partial charge in [-0.3, -0.25) is 9.69 Å². The Balaban J connectivity index is 1.83. The van der Waals surface area contributed by atoms with Crippen LogP contribution in [0.5, 0.6) is 0 Å². The Hall–Kier alpha value is -1.39. The summed E-state index contributed by atoms with van der Waals surface area (Å²) in [5, 5.41) is 10.1. The number of benzene rings is 1. The van der Waals surface area contributed by atoms with E-state index in [1.807, 2.05) is 35.2 Å². The van der Waals surface area contributed by atoms with Gasteiger partial charge in [0.15, 0.2) is 0 Å². The van der Waals surface area contributed by atoms with Gasteiger partial charge in [0.25, 0.3) is 0 Å². The average Bonchev–Trinajstić information content (AvgIpc) is 2.40. The molecule has 0 unspecified atom stereocenters. The first-order valence-corrected chi connectivity index (χ1v) is 6.37. The van der Waals surface area contributed by atoms with Crippen molar-refractivity contribution in [1.82, 2.24) is 9.80 Å². The third-order valence-corrected chi connectivity index (χ3v) is 3.43. The smallest absolute Gasteiger partial charge is 0.219 e. The van der Waals surface area contributed by atoms with E-state index >= 15 is 0 Å². The lowest BCUT2D eigenvalue weighted by Crippen LogP contribution is -2.48. The Kier molecular flexibility index (Phi) is 4.33. The van der Waals surface area contributed by atoms with Crippen LogP contribution in [-0.2, 0) is 4.79 Å². The molecule has 1 saturated heterocycles. The Morgan fingerprint density at radius 1 is 1.22 bits per heavy atom. The largest absolute Gasteiger partial charge is 0.387 e. The van der Waals surface area contributed by atoms with Crippen molar-refractivity contribution in [3.05, 3.63) is 35.9 Å². The fraction of sp³-hybridized carbons (Fsp3) is 0.500. The summed E-state index contributed by atoms with van der Waals surface area (Å²) in [5.74, 6) is 0.137. The molecule has 4 nitrogen and oxygen atoms in total. The second-order valence-electron chi connectivity index (χ2n) is 4.73. The van der Waals surface area contributed by atoms with Crippen LogP contribution >= 0.6 is 0 Å². The van der Waals surface area contributed by atoms with Crippen LogP contribution in [0.3, 0.4) is 0 Å². The summed E-state index contributed by atoms with van der Waals surface area (Å²) in [7, 11) is 0. The molecule has 0 aromatic heterocycles. The molecule has 98 valence electrons. The van der Waals surface area contributed by atoms with E-state index < -0.39 is 6.10 Å². The topological polar surface area (TPSA) is 43.8 Å². The molecule has 1 amide bonds. The van der Waals surface area contributed by atoms with Crippen LogP contribution in [0.4, 0.5) is 0 Å². The maximum absolute atomic E-state index is 11.2. The van der Waals surface area contributed by atoms with Crippen LogP contribution in [0.2, 0.25) is 0 Å². The fourth-order valence-electron chi connectivity index (χ4n) is 2.27. The minimum Gasteiger partial charge on any atom is -0.387 e. The zero-order valence-electron chi connectivity index (χ0n) is 10.7. The van der Waals surface area contributed by atoms with E-state index in [0.717, 1.165) is 31.7 Å². The van der Waals surface area contributed by atoms with Gasteiger partial charge >= 0.3 is 0 Å². The van der Waals surface area contributed by atoms with Crippen molar-refractivity contribution in [1.29, 1.82) is 0 Å². The number of carbonyl (C=O) groups excluding carboxylic acids is 1. The van der Waals surface area contributed by atoms with Gasteiger partial charge in [0.05, 0.1) is 6.10 Å². The lowest BCUT2D eigenvalue weighted by molar-refractivity contribution is -0.130. The molecule has 1 aromatic carbocycles. The molecule has 0 aliphatic carbocycles. The Morgan fingerprint density at radius 2 is 1.83 bits per heavy atom. The highest BCUT2D eigenvalue weighted by atomic mass is 16.3. The Bertz CT molecular complexity index is 386. The van der Waals surface area contributed by atoms with Crippen molar-refractivity contribution in [2.75, 3.05) is 32.7 Å². The minimum absolute atomic E-state index is 0.137. The van der Waals surface area contributed by atoms with Gasteiger partial charge in [0.1, 0.15) is 0 Å². The van der Waals surface area contributed by atoms with Gasteiger partial charge in [-0.1, -0.05) is 30.3 Å². The van der Waals surface area contributed by atoms with E-state index in [1.54, 1.807) is 6.92 Å². The third kappa shape index (κ3) is 3.31. The molecule has 1 aliphatic heterocycles. The first kappa shape index (κ1) is 13.1. The molecule has 0 spiro atoms. The van der Waals surface area contributed by atoms with Crippen LogP contribution in [0.25, 0.3) is 0 Å². The number of rotatable bonds is 3. The highest BCUT2D eigenvalue weighted by Crippen LogP contribution is 2.14. The number of β-amino-alcohol motifs (C(OH)–C–C–N with tert-alkyl or cyclic N) is 1. The Morgan fingerprint density at radius 3 is 2.39 bits per heavy atom. The first-order valence-electron chi connectivity index (χ1n) is 6.37. The minimum atomic E-state index is -0.449. The maximum atomic E-state index is 11.2. The first-order chi connectivity index (χ1) is 8.66. The molecule has 1 heterocycles. The predicted molar refractivity (Wildman–Crippen MR) is 70.1 cm³/mol. The lowest BCUT2D eigenvalue weighted by Gasteiger charge is -2.35. The van der Waals surface area contributed by atoms with Crippen molar-refractivity contribution in [3.63, 3.8) is 0 Å². The van der Waals surface area contributed by atoms with E-state index in [9.17, 15) is 9.90 Å². The number of aliphatic hydroxyl groups excluding tert-OH is 1. The number of aliphatic hydroxyl groups is 1. The molecule has 4 heteroatoms. The summed E-state index contributed by atoms with van der Waals surface area (Å²) in [5.41, 5.74) is 0.950. The highest BCUT2D eigenvalue weighted by molar-refractivity contribution is 5.73. The zero-order chi connectivity index (χ0) is 13.0. The van der Waals surface area contributed by atoms with Gasteiger partial charge in [-0.2, -0.15) is 0 Å². The number of hydrogen-bond acceptors (Lipinski definition) is 3. The predicted octanol–water partition coefficient (Wildman–Crippen LogP) is 0.884. The molecule has 0 saturated carbocycles. The van der Waals surface area contributed by atoms with Crippen molar-refractivity contribution in [2.45, 2.75) is 13.0 Å². The van der Waals surface area contributed by atoms with Crippen LogP contribution in [-0.4, -0.2) is 53.5 Å². The maximum Gasteiger partial charge on any atom is 0.219 e. The summed E-state index contributed by atoms with van der Waals surface area (Å²) < 4.78 is 0. The summed E-state index contributed by atoms with van der Waals surface area (Å²) in [6.45, 7) is 5.44. The number of nitrogens with zero attached hydrogens (tertiary/aromatic N) is 2. The second-order valence-corrected chi connectivity index (χ2v) is 4.73. The average molecular weight is 248 g/mol. The van der Waals surface area contributed by atoms with Crippen LogP contribution in [0.1, 0.15) is 18.6 Å². The van der Waals surface area contributed by atoms with Gasteiger partial charge in [-0.15, -0.1) is 0 Å². The van der Waals surface area contributed by atoms with Crippen molar-refractivity contribution in [3.8, 4) is 0 Å². The molecule has 18 heavy (non-hydrogen) atoms. The zero-order valence-corrected chi connectivity index (χ0v) is 10.7.